The third kappa shape index (κ3) is 2.01. The average molecular weight is 327 g/mol. The summed E-state index contributed by atoms with van der Waals surface area (Å²) in [5.41, 5.74) is 10.9. The van der Waals surface area contributed by atoms with E-state index in [4.69, 9.17) is 16.2 Å². The molecular weight excluding hydrogens is 309 g/mol. The van der Waals surface area contributed by atoms with E-state index in [1.54, 1.807) is 6.92 Å². The molecule has 1 aromatic carbocycles. The number of hydrogen-bond acceptors (Lipinski definition) is 6. The van der Waals surface area contributed by atoms with Crippen molar-refractivity contribution in [2.75, 3.05) is 24.7 Å². The summed E-state index contributed by atoms with van der Waals surface area (Å²) >= 11 is 0. The number of rotatable bonds is 1. The first-order chi connectivity index (χ1) is 10.2. The second-order valence-corrected chi connectivity index (χ2v) is 8.37. The van der Waals surface area contributed by atoms with Crippen molar-refractivity contribution < 1.29 is 17.5 Å². The first-order valence-electron chi connectivity index (χ1n) is 6.92. The fourth-order valence-corrected chi connectivity index (χ4v) is 5.41. The third-order valence-electron chi connectivity index (χ3n) is 4.46. The number of ether oxygens (including phenoxy) is 1. The highest BCUT2D eigenvalue weighted by Crippen LogP contribution is 2.41. The van der Waals surface area contributed by atoms with Gasteiger partial charge in [-0.05, 0) is 31.5 Å². The van der Waals surface area contributed by atoms with Gasteiger partial charge in [0.2, 0.25) is 0 Å². The van der Waals surface area contributed by atoms with E-state index in [1.165, 1.54) is 18.2 Å². The van der Waals surface area contributed by atoms with Gasteiger partial charge in [-0.25, -0.2) is 12.8 Å². The predicted molar refractivity (Wildman–Crippen MR) is 81.7 cm³/mol. The zero-order valence-corrected chi connectivity index (χ0v) is 13.0. The van der Waals surface area contributed by atoms with E-state index >= 15 is 0 Å². The Kier molecular flexibility index (Phi) is 3.23. The van der Waals surface area contributed by atoms with Gasteiger partial charge in [0, 0.05) is 17.9 Å². The molecule has 6 nitrogen and oxygen atoms in total. The van der Waals surface area contributed by atoms with Crippen LogP contribution in [0.3, 0.4) is 0 Å². The minimum absolute atomic E-state index is 0.000156. The van der Waals surface area contributed by atoms with Gasteiger partial charge in [-0.3, -0.25) is 4.99 Å². The highest BCUT2D eigenvalue weighted by atomic mass is 32.2. The van der Waals surface area contributed by atoms with Crippen molar-refractivity contribution in [2.45, 2.75) is 23.6 Å². The van der Waals surface area contributed by atoms with Gasteiger partial charge in [0.1, 0.15) is 17.2 Å². The lowest BCUT2D eigenvalue weighted by Gasteiger charge is -2.38. The molecule has 1 aromatic rings. The Morgan fingerprint density at radius 2 is 2.09 bits per heavy atom. The van der Waals surface area contributed by atoms with Crippen molar-refractivity contribution in [1.82, 2.24) is 0 Å². The van der Waals surface area contributed by atoms with E-state index in [0.29, 0.717) is 12.3 Å². The Morgan fingerprint density at radius 1 is 1.36 bits per heavy atom. The van der Waals surface area contributed by atoms with E-state index in [2.05, 4.69) is 4.99 Å². The highest BCUT2D eigenvalue weighted by molar-refractivity contribution is 7.93. The van der Waals surface area contributed by atoms with Gasteiger partial charge in [-0.1, -0.05) is 0 Å². The Balaban J connectivity index is 2.18. The summed E-state index contributed by atoms with van der Waals surface area (Å²) in [7, 11) is -3.65. The summed E-state index contributed by atoms with van der Waals surface area (Å²) in [6, 6.07) is 4.03. The Bertz CT molecular complexity index is 757. The zero-order valence-electron chi connectivity index (χ0n) is 12.2. The second-order valence-electron chi connectivity index (χ2n) is 6.07. The Morgan fingerprint density at radius 3 is 2.68 bits per heavy atom. The van der Waals surface area contributed by atoms with Crippen LogP contribution in [-0.4, -0.2) is 38.0 Å². The summed E-state index contributed by atoms with van der Waals surface area (Å²) in [5.74, 6) is -0.896. The molecule has 2 atom stereocenters. The first-order valence-corrected chi connectivity index (χ1v) is 8.57. The van der Waals surface area contributed by atoms with Crippen LogP contribution in [0.4, 0.5) is 10.1 Å². The van der Waals surface area contributed by atoms with Crippen molar-refractivity contribution in [3.63, 3.8) is 0 Å². The fraction of sp³-hybridized carbons (Fsp3) is 0.500. The molecule has 0 aliphatic carbocycles. The number of amidine groups is 1. The number of sulfone groups is 1. The monoisotopic (exact) mass is 327 g/mol. The highest BCUT2D eigenvalue weighted by Gasteiger charge is 2.56. The molecule has 1 saturated heterocycles. The van der Waals surface area contributed by atoms with Crippen LogP contribution in [0.1, 0.15) is 18.9 Å². The maximum atomic E-state index is 14.2. The average Bonchev–Trinajstić information content (AvgIpc) is 2.90. The molecule has 120 valence electrons. The van der Waals surface area contributed by atoms with Crippen LogP contribution in [-0.2, 0) is 20.1 Å². The van der Waals surface area contributed by atoms with E-state index in [1.807, 2.05) is 0 Å². The summed E-state index contributed by atoms with van der Waals surface area (Å²) < 4.78 is 43.7. The number of hydrogen-bond donors (Lipinski definition) is 2. The van der Waals surface area contributed by atoms with Gasteiger partial charge < -0.3 is 16.2 Å². The minimum Gasteiger partial charge on any atom is -0.399 e. The van der Waals surface area contributed by atoms with Crippen molar-refractivity contribution in [1.29, 1.82) is 0 Å². The predicted octanol–water partition coefficient (Wildman–Crippen LogP) is 0.568. The molecule has 2 heterocycles. The quantitative estimate of drug-likeness (QED) is 0.733. The normalized spacial score (nSPS) is 33.8. The molecule has 0 bridgehead atoms. The molecule has 0 unspecified atom stereocenters. The molecule has 0 amide bonds. The molecule has 22 heavy (non-hydrogen) atoms. The molecule has 8 heteroatoms. The van der Waals surface area contributed by atoms with Gasteiger partial charge >= 0.3 is 0 Å². The van der Waals surface area contributed by atoms with Crippen LogP contribution in [0.25, 0.3) is 0 Å². The smallest absolute Gasteiger partial charge is 0.168 e. The van der Waals surface area contributed by atoms with Crippen LogP contribution < -0.4 is 11.5 Å². The number of halogens is 1. The third-order valence-corrected chi connectivity index (χ3v) is 7.12. The van der Waals surface area contributed by atoms with Crippen molar-refractivity contribution >= 4 is 21.4 Å². The molecule has 3 rings (SSSR count). The van der Waals surface area contributed by atoms with Crippen LogP contribution in [0.15, 0.2) is 23.2 Å². The van der Waals surface area contributed by atoms with Gasteiger partial charge in [0.15, 0.2) is 14.6 Å². The van der Waals surface area contributed by atoms with Crippen molar-refractivity contribution in [3.8, 4) is 0 Å². The maximum Gasteiger partial charge on any atom is 0.168 e. The van der Waals surface area contributed by atoms with Crippen LogP contribution in [0, 0.1) is 5.82 Å². The second kappa shape index (κ2) is 4.66. The SMILES string of the molecule is C[C@@]1(c2cc(N)ccc2F)CS(=O)(=O)[C@@]2(CCOC2)C(N)=N1. The number of nitrogens with two attached hydrogens (primary N) is 2. The molecular formula is C14H18FN3O3S. The molecule has 0 aromatic heterocycles. The maximum absolute atomic E-state index is 14.2. The molecule has 2 aliphatic rings. The molecule has 0 radical (unpaired) electrons. The summed E-state index contributed by atoms with van der Waals surface area (Å²) in [5, 5.41) is 0. The number of nitrogen functional groups attached to an aromatic ring is 1. The molecule has 0 saturated carbocycles. The zero-order chi connectivity index (χ0) is 16.2. The molecule has 1 spiro atoms. The van der Waals surface area contributed by atoms with Gasteiger partial charge in [-0.15, -0.1) is 0 Å². The lowest BCUT2D eigenvalue weighted by molar-refractivity contribution is 0.194. The number of nitrogens with zero attached hydrogens (tertiary/aromatic N) is 1. The largest absolute Gasteiger partial charge is 0.399 e. The fourth-order valence-electron chi connectivity index (χ4n) is 3.15. The topological polar surface area (TPSA) is 108 Å². The van der Waals surface area contributed by atoms with Gasteiger partial charge in [0.25, 0.3) is 0 Å². The Labute approximate surface area is 128 Å². The molecule has 1 fully saturated rings. The molecule has 2 aliphatic heterocycles. The van der Waals surface area contributed by atoms with Gasteiger partial charge in [-0.2, -0.15) is 0 Å². The van der Waals surface area contributed by atoms with Gasteiger partial charge in [0.05, 0.1) is 12.4 Å². The lowest BCUT2D eigenvalue weighted by atomic mass is 9.92. The van der Waals surface area contributed by atoms with E-state index in [9.17, 15) is 12.8 Å². The van der Waals surface area contributed by atoms with E-state index < -0.39 is 25.9 Å². The standard InChI is InChI=1S/C14H18FN3O3S/c1-13(10-6-9(16)2-3-11(10)15)8-22(19,20)14(12(17)18-13)4-5-21-7-14/h2-3,6H,4-5,7-8,16H2,1H3,(H2,17,18)/t13-,14+/m0/s1. The van der Waals surface area contributed by atoms with E-state index in [-0.39, 0.29) is 30.2 Å². The summed E-state index contributed by atoms with van der Waals surface area (Å²) in [6.45, 7) is 1.87. The first kappa shape index (κ1) is 15.2. The van der Waals surface area contributed by atoms with Crippen molar-refractivity contribution in [3.05, 3.63) is 29.6 Å². The Hall–Kier alpha value is -1.67. The molecule has 4 N–H and O–H groups in total. The number of aliphatic imine (C=N–C) groups is 1. The van der Waals surface area contributed by atoms with Crippen LogP contribution in [0.2, 0.25) is 0 Å². The number of benzene rings is 1. The number of anilines is 1. The summed E-state index contributed by atoms with van der Waals surface area (Å²) in [4.78, 5) is 4.36. The van der Waals surface area contributed by atoms with E-state index in [0.717, 1.165) is 0 Å². The summed E-state index contributed by atoms with van der Waals surface area (Å²) in [6.07, 6.45) is 0.278. The lowest BCUT2D eigenvalue weighted by Crippen LogP contribution is -2.58. The van der Waals surface area contributed by atoms with Crippen LogP contribution in [0.5, 0.6) is 0 Å². The minimum atomic E-state index is -3.65. The van der Waals surface area contributed by atoms with Crippen LogP contribution >= 0.6 is 0 Å². The van der Waals surface area contributed by atoms with Crippen molar-refractivity contribution in [2.24, 2.45) is 10.7 Å².